The number of nitrogens with one attached hydrogen (secondary N) is 1. The van der Waals surface area contributed by atoms with Gasteiger partial charge in [0.1, 0.15) is 11.9 Å². The Kier molecular flexibility index (Phi) is 4.36. The average molecular weight is 213 g/mol. The van der Waals surface area contributed by atoms with Crippen molar-refractivity contribution in [2.45, 2.75) is 32.7 Å². The molecule has 0 aliphatic heterocycles. The second-order valence-corrected chi connectivity index (χ2v) is 3.62. The van der Waals surface area contributed by atoms with Gasteiger partial charge in [-0.1, -0.05) is 6.92 Å². The molecule has 1 heterocycles. The molecule has 1 N–H and O–H groups in total. The standard InChI is InChI=1S/C13H15N3/c1-4-6-12(5-2)16-13-11(9-14)8-7-10(3)15-13/h1,7-8,12H,5-6H2,2-3H3,(H,15,16). The van der Waals surface area contributed by atoms with Crippen molar-refractivity contribution in [3.05, 3.63) is 23.4 Å². The quantitative estimate of drug-likeness (QED) is 0.782. The number of rotatable bonds is 4. The van der Waals surface area contributed by atoms with Crippen LogP contribution >= 0.6 is 0 Å². The summed E-state index contributed by atoms with van der Waals surface area (Å²) in [6.45, 7) is 3.95. The van der Waals surface area contributed by atoms with Gasteiger partial charge in [-0.05, 0) is 25.5 Å². The molecular weight excluding hydrogens is 198 g/mol. The topological polar surface area (TPSA) is 48.7 Å². The molecule has 0 saturated heterocycles. The number of hydrogen-bond donors (Lipinski definition) is 1. The van der Waals surface area contributed by atoms with Crippen molar-refractivity contribution in [2.75, 3.05) is 5.32 Å². The van der Waals surface area contributed by atoms with Gasteiger partial charge in [0.2, 0.25) is 0 Å². The summed E-state index contributed by atoms with van der Waals surface area (Å²) in [6.07, 6.45) is 6.83. The first kappa shape index (κ1) is 12.1. The van der Waals surface area contributed by atoms with Crippen molar-refractivity contribution in [3.63, 3.8) is 0 Å². The molecule has 1 atom stereocenters. The maximum atomic E-state index is 8.95. The maximum Gasteiger partial charge on any atom is 0.144 e. The number of hydrogen-bond acceptors (Lipinski definition) is 3. The van der Waals surface area contributed by atoms with E-state index in [0.717, 1.165) is 12.1 Å². The van der Waals surface area contributed by atoms with Crippen LogP contribution in [0, 0.1) is 30.6 Å². The van der Waals surface area contributed by atoms with Gasteiger partial charge in [0.05, 0.1) is 5.56 Å². The predicted molar refractivity (Wildman–Crippen MR) is 64.8 cm³/mol. The van der Waals surface area contributed by atoms with Gasteiger partial charge in [-0.2, -0.15) is 5.26 Å². The molecule has 0 aliphatic carbocycles. The Labute approximate surface area is 96.5 Å². The van der Waals surface area contributed by atoms with Gasteiger partial charge in [0.25, 0.3) is 0 Å². The molecular formula is C13H15N3. The first-order chi connectivity index (χ1) is 7.71. The minimum atomic E-state index is 0.173. The highest BCUT2D eigenvalue weighted by atomic mass is 15.0. The molecule has 0 radical (unpaired) electrons. The normalized spacial score (nSPS) is 11.2. The van der Waals surface area contributed by atoms with Gasteiger partial charge in [0.15, 0.2) is 0 Å². The lowest BCUT2D eigenvalue weighted by Crippen LogP contribution is -2.19. The van der Waals surface area contributed by atoms with E-state index in [0.29, 0.717) is 17.8 Å². The molecule has 3 heteroatoms. The van der Waals surface area contributed by atoms with Crippen molar-refractivity contribution in [3.8, 4) is 18.4 Å². The van der Waals surface area contributed by atoms with E-state index < -0.39 is 0 Å². The predicted octanol–water partition coefficient (Wildman–Crippen LogP) is 2.48. The van der Waals surface area contributed by atoms with Crippen molar-refractivity contribution < 1.29 is 0 Å². The van der Waals surface area contributed by atoms with Crippen LogP contribution < -0.4 is 5.32 Å². The van der Waals surface area contributed by atoms with Crippen molar-refractivity contribution in [2.24, 2.45) is 0 Å². The molecule has 16 heavy (non-hydrogen) atoms. The van der Waals surface area contributed by atoms with Gasteiger partial charge in [-0.25, -0.2) is 4.98 Å². The summed E-state index contributed by atoms with van der Waals surface area (Å²) in [5, 5.41) is 12.2. The smallest absolute Gasteiger partial charge is 0.144 e. The number of aryl methyl sites for hydroxylation is 1. The highest BCUT2D eigenvalue weighted by Crippen LogP contribution is 2.15. The molecule has 0 aliphatic rings. The summed E-state index contributed by atoms with van der Waals surface area (Å²) in [5.74, 6) is 3.25. The summed E-state index contributed by atoms with van der Waals surface area (Å²) in [7, 11) is 0. The zero-order valence-corrected chi connectivity index (χ0v) is 9.62. The summed E-state index contributed by atoms with van der Waals surface area (Å²) >= 11 is 0. The average Bonchev–Trinajstić information content (AvgIpc) is 2.29. The number of anilines is 1. The molecule has 3 nitrogen and oxygen atoms in total. The van der Waals surface area contributed by atoms with Crippen LogP contribution in [0.1, 0.15) is 31.0 Å². The second kappa shape index (κ2) is 5.78. The second-order valence-electron chi connectivity index (χ2n) is 3.62. The molecule has 1 rings (SSSR count). The lowest BCUT2D eigenvalue weighted by atomic mass is 10.1. The van der Waals surface area contributed by atoms with Crippen LogP contribution in [0.15, 0.2) is 12.1 Å². The highest BCUT2D eigenvalue weighted by Gasteiger charge is 2.09. The third kappa shape index (κ3) is 3.00. The van der Waals surface area contributed by atoms with Gasteiger partial charge >= 0.3 is 0 Å². The van der Waals surface area contributed by atoms with Crippen LogP contribution in [0.5, 0.6) is 0 Å². The van der Waals surface area contributed by atoms with Crippen molar-refractivity contribution >= 4 is 5.82 Å². The Balaban J connectivity index is 2.91. The van der Waals surface area contributed by atoms with E-state index in [1.54, 1.807) is 6.07 Å². The Morgan fingerprint density at radius 1 is 1.56 bits per heavy atom. The number of terminal acetylenes is 1. The summed E-state index contributed by atoms with van der Waals surface area (Å²) in [6, 6.07) is 5.89. The molecule has 0 bridgehead atoms. The molecule has 1 aromatic heterocycles. The molecule has 0 saturated carbocycles. The lowest BCUT2D eigenvalue weighted by Gasteiger charge is -2.16. The van der Waals surface area contributed by atoms with Crippen LogP contribution in [0.25, 0.3) is 0 Å². The van der Waals surface area contributed by atoms with E-state index in [9.17, 15) is 0 Å². The zero-order chi connectivity index (χ0) is 12.0. The van der Waals surface area contributed by atoms with Crippen LogP contribution in [0.4, 0.5) is 5.82 Å². The number of nitriles is 1. The fraction of sp³-hybridized carbons (Fsp3) is 0.385. The highest BCUT2D eigenvalue weighted by molar-refractivity contribution is 5.52. The van der Waals surface area contributed by atoms with Crippen LogP contribution in [0.3, 0.4) is 0 Å². The van der Waals surface area contributed by atoms with Crippen molar-refractivity contribution in [1.82, 2.24) is 4.98 Å². The first-order valence-corrected chi connectivity index (χ1v) is 5.29. The fourth-order valence-corrected chi connectivity index (χ4v) is 1.39. The number of pyridine rings is 1. The van der Waals surface area contributed by atoms with E-state index >= 15 is 0 Å². The molecule has 1 unspecified atom stereocenters. The minimum Gasteiger partial charge on any atom is -0.365 e. The lowest BCUT2D eigenvalue weighted by molar-refractivity contribution is 0.711. The molecule has 0 spiro atoms. The molecule has 0 aromatic carbocycles. The Morgan fingerprint density at radius 3 is 2.88 bits per heavy atom. The number of aromatic nitrogens is 1. The summed E-state index contributed by atoms with van der Waals surface area (Å²) in [5.41, 5.74) is 1.44. The zero-order valence-electron chi connectivity index (χ0n) is 9.62. The van der Waals surface area contributed by atoms with Gasteiger partial charge in [0, 0.05) is 18.2 Å². The summed E-state index contributed by atoms with van der Waals surface area (Å²) < 4.78 is 0. The fourth-order valence-electron chi connectivity index (χ4n) is 1.39. The van der Waals surface area contributed by atoms with Gasteiger partial charge in [-0.15, -0.1) is 12.3 Å². The Bertz CT molecular complexity index is 437. The summed E-state index contributed by atoms with van der Waals surface area (Å²) in [4.78, 5) is 4.31. The largest absolute Gasteiger partial charge is 0.365 e. The third-order valence-electron chi connectivity index (χ3n) is 2.35. The Morgan fingerprint density at radius 2 is 2.31 bits per heavy atom. The van der Waals surface area contributed by atoms with E-state index in [-0.39, 0.29) is 6.04 Å². The van der Waals surface area contributed by atoms with Crippen molar-refractivity contribution in [1.29, 1.82) is 5.26 Å². The monoisotopic (exact) mass is 213 g/mol. The molecule has 1 aromatic rings. The van der Waals surface area contributed by atoms with Gasteiger partial charge < -0.3 is 5.32 Å². The van der Waals surface area contributed by atoms with Crippen LogP contribution in [0.2, 0.25) is 0 Å². The Hall–Kier alpha value is -2.00. The van der Waals surface area contributed by atoms with Gasteiger partial charge in [-0.3, -0.25) is 0 Å². The first-order valence-electron chi connectivity index (χ1n) is 5.29. The maximum absolute atomic E-state index is 8.95. The molecule has 0 amide bonds. The molecule has 0 fully saturated rings. The number of nitrogens with zero attached hydrogens (tertiary/aromatic N) is 2. The van der Waals surface area contributed by atoms with Crippen LogP contribution in [-0.4, -0.2) is 11.0 Å². The third-order valence-corrected chi connectivity index (χ3v) is 2.35. The van der Waals surface area contributed by atoms with E-state index in [1.807, 2.05) is 13.0 Å². The van der Waals surface area contributed by atoms with Crippen LogP contribution in [-0.2, 0) is 0 Å². The SMILES string of the molecule is C#CCC(CC)Nc1nc(C)ccc1C#N. The minimum absolute atomic E-state index is 0.173. The molecule has 82 valence electrons. The van der Waals surface area contributed by atoms with E-state index in [2.05, 4.69) is 29.2 Å². The van der Waals surface area contributed by atoms with E-state index in [4.69, 9.17) is 11.7 Å². The van der Waals surface area contributed by atoms with E-state index in [1.165, 1.54) is 0 Å².